The van der Waals surface area contributed by atoms with Crippen molar-refractivity contribution >= 4 is 23.7 Å². The Morgan fingerprint density at radius 2 is 2.31 bits per heavy atom. The van der Waals surface area contributed by atoms with E-state index in [1.54, 1.807) is 18.2 Å². The van der Waals surface area contributed by atoms with Crippen LogP contribution < -0.4 is 5.32 Å². The molecule has 0 unspecified atom stereocenters. The lowest BCUT2D eigenvalue weighted by Gasteiger charge is -2.05. The second kappa shape index (κ2) is 4.53. The van der Waals surface area contributed by atoms with E-state index in [9.17, 15) is 4.79 Å². The van der Waals surface area contributed by atoms with Gasteiger partial charge in [-0.2, -0.15) is 0 Å². The number of hydrogen-bond donors (Lipinski definition) is 2. The van der Waals surface area contributed by atoms with Crippen molar-refractivity contribution in [2.24, 2.45) is 5.16 Å². The summed E-state index contributed by atoms with van der Waals surface area (Å²) in [5.74, 6) is -0.180. The van der Waals surface area contributed by atoms with Crippen molar-refractivity contribution < 1.29 is 10.0 Å². The molecule has 1 aromatic rings. The Bertz CT molecular complexity index is 442. The summed E-state index contributed by atoms with van der Waals surface area (Å²) in [5, 5.41) is 14.6. The van der Waals surface area contributed by atoms with Gasteiger partial charge in [-0.3, -0.25) is 4.79 Å². The third-order valence-electron chi connectivity index (χ3n) is 2.35. The molecule has 0 heterocycles. The normalized spacial score (nSPS) is 15.3. The van der Waals surface area contributed by atoms with E-state index in [0.717, 1.165) is 12.8 Å². The molecule has 1 aromatic carbocycles. The molecule has 1 aliphatic rings. The van der Waals surface area contributed by atoms with Crippen LogP contribution in [0, 0.1) is 0 Å². The molecule has 5 heteroatoms. The summed E-state index contributed by atoms with van der Waals surface area (Å²) in [5.41, 5.74) is 1.04. The van der Waals surface area contributed by atoms with Gasteiger partial charge in [0.1, 0.15) is 0 Å². The Morgan fingerprint density at radius 3 is 2.94 bits per heavy atom. The standard InChI is InChI=1S/C11H11ClN2O2/c12-10-4-1-7(6-13-16)5-9(10)11(15)14-8-2-3-8/h1,4-6,8,16H,2-3H2,(H,14,15). The zero-order chi connectivity index (χ0) is 11.5. The second-order valence-electron chi connectivity index (χ2n) is 3.73. The number of nitrogens with one attached hydrogen (secondary N) is 1. The van der Waals surface area contributed by atoms with E-state index >= 15 is 0 Å². The van der Waals surface area contributed by atoms with E-state index < -0.39 is 0 Å². The molecular formula is C11H11ClN2O2. The fourth-order valence-corrected chi connectivity index (χ4v) is 1.56. The van der Waals surface area contributed by atoms with Crippen molar-refractivity contribution in [1.29, 1.82) is 0 Å². The van der Waals surface area contributed by atoms with Gasteiger partial charge in [-0.25, -0.2) is 0 Å². The maximum atomic E-state index is 11.8. The van der Waals surface area contributed by atoms with Crippen molar-refractivity contribution in [2.45, 2.75) is 18.9 Å². The zero-order valence-electron chi connectivity index (χ0n) is 8.48. The zero-order valence-corrected chi connectivity index (χ0v) is 9.24. The highest BCUT2D eigenvalue weighted by Gasteiger charge is 2.24. The van der Waals surface area contributed by atoms with Crippen LogP contribution in [0.5, 0.6) is 0 Å². The molecule has 4 nitrogen and oxygen atoms in total. The number of nitrogens with zero attached hydrogens (tertiary/aromatic N) is 1. The average Bonchev–Trinajstić information content (AvgIpc) is 3.05. The summed E-state index contributed by atoms with van der Waals surface area (Å²) >= 11 is 5.93. The molecule has 0 bridgehead atoms. The van der Waals surface area contributed by atoms with Gasteiger partial charge in [-0.05, 0) is 30.5 Å². The maximum Gasteiger partial charge on any atom is 0.253 e. The molecular weight excluding hydrogens is 228 g/mol. The van der Waals surface area contributed by atoms with Crippen LogP contribution in [0.1, 0.15) is 28.8 Å². The lowest BCUT2D eigenvalue weighted by atomic mass is 10.1. The number of carbonyl (C=O) groups excluding carboxylic acids is 1. The SMILES string of the molecule is O=C(NC1CC1)c1cc(C=NO)ccc1Cl. The molecule has 0 spiro atoms. The minimum absolute atomic E-state index is 0.180. The van der Waals surface area contributed by atoms with Crippen molar-refractivity contribution in [1.82, 2.24) is 5.32 Å². The molecule has 2 rings (SSSR count). The molecule has 0 aliphatic heterocycles. The van der Waals surface area contributed by atoms with Gasteiger partial charge in [-0.15, -0.1) is 0 Å². The molecule has 1 aliphatic carbocycles. The predicted octanol–water partition coefficient (Wildman–Crippen LogP) is 2.04. The minimum atomic E-state index is -0.180. The lowest BCUT2D eigenvalue weighted by Crippen LogP contribution is -2.25. The topological polar surface area (TPSA) is 61.7 Å². The van der Waals surface area contributed by atoms with Gasteiger partial charge in [0, 0.05) is 6.04 Å². The molecule has 0 radical (unpaired) electrons. The maximum absolute atomic E-state index is 11.8. The Morgan fingerprint density at radius 1 is 1.56 bits per heavy atom. The van der Waals surface area contributed by atoms with Crippen LogP contribution in [0.25, 0.3) is 0 Å². The van der Waals surface area contributed by atoms with Gasteiger partial charge in [0.2, 0.25) is 0 Å². The first kappa shape index (κ1) is 11.0. The van der Waals surface area contributed by atoms with Gasteiger partial charge in [0.15, 0.2) is 0 Å². The Kier molecular flexibility index (Phi) is 3.10. The number of halogens is 1. The molecule has 0 saturated heterocycles. The lowest BCUT2D eigenvalue weighted by molar-refractivity contribution is 0.0951. The van der Waals surface area contributed by atoms with Crippen molar-refractivity contribution in [3.63, 3.8) is 0 Å². The molecule has 2 N–H and O–H groups in total. The van der Waals surface area contributed by atoms with E-state index in [-0.39, 0.29) is 5.91 Å². The first-order chi connectivity index (χ1) is 7.70. The number of carbonyl (C=O) groups is 1. The van der Waals surface area contributed by atoms with E-state index in [1.165, 1.54) is 6.21 Å². The van der Waals surface area contributed by atoms with Gasteiger partial charge in [-0.1, -0.05) is 22.8 Å². The molecule has 16 heavy (non-hydrogen) atoms. The van der Waals surface area contributed by atoms with Gasteiger partial charge >= 0.3 is 0 Å². The Labute approximate surface area is 97.9 Å². The quantitative estimate of drug-likeness (QED) is 0.481. The van der Waals surface area contributed by atoms with Gasteiger partial charge in [0.05, 0.1) is 16.8 Å². The Hall–Kier alpha value is -1.55. The summed E-state index contributed by atoms with van der Waals surface area (Å²) in [6, 6.07) is 5.18. The number of oxime groups is 1. The van der Waals surface area contributed by atoms with E-state index in [1.807, 2.05) is 0 Å². The molecule has 1 saturated carbocycles. The van der Waals surface area contributed by atoms with E-state index in [2.05, 4.69) is 10.5 Å². The van der Waals surface area contributed by atoms with Crippen LogP contribution in [0.3, 0.4) is 0 Å². The van der Waals surface area contributed by atoms with Crippen molar-refractivity contribution in [3.05, 3.63) is 34.3 Å². The fraction of sp³-hybridized carbons (Fsp3) is 0.273. The minimum Gasteiger partial charge on any atom is -0.411 e. The monoisotopic (exact) mass is 238 g/mol. The van der Waals surface area contributed by atoms with E-state index in [0.29, 0.717) is 22.2 Å². The van der Waals surface area contributed by atoms with Gasteiger partial charge < -0.3 is 10.5 Å². The first-order valence-electron chi connectivity index (χ1n) is 4.98. The molecule has 1 fully saturated rings. The summed E-state index contributed by atoms with van der Waals surface area (Å²) < 4.78 is 0. The highest BCUT2D eigenvalue weighted by Crippen LogP contribution is 2.22. The van der Waals surface area contributed by atoms with Crippen LogP contribution in [0.4, 0.5) is 0 Å². The summed E-state index contributed by atoms with van der Waals surface area (Å²) in [7, 11) is 0. The second-order valence-corrected chi connectivity index (χ2v) is 4.14. The summed E-state index contributed by atoms with van der Waals surface area (Å²) in [6.07, 6.45) is 3.31. The van der Waals surface area contributed by atoms with Crippen LogP contribution in [-0.2, 0) is 0 Å². The van der Waals surface area contributed by atoms with Crippen molar-refractivity contribution in [3.8, 4) is 0 Å². The average molecular weight is 239 g/mol. The third kappa shape index (κ3) is 2.52. The van der Waals surface area contributed by atoms with E-state index in [4.69, 9.17) is 16.8 Å². The number of benzene rings is 1. The van der Waals surface area contributed by atoms with Crippen LogP contribution in [-0.4, -0.2) is 23.4 Å². The number of hydrogen-bond acceptors (Lipinski definition) is 3. The first-order valence-corrected chi connectivity index (χ1v) is 5.36. The molecule has 84 valence electrons. The van der Waals surface area contributed by atoms with Gasteiger partial charge in [0.25, 0.3) is 5.91 Å². The summed E-state index contributed by atoms with van der Waals surface area (Å²) in [6.45, 7) is 0. The Balaban J connectivity index is 2.22. The predicted molar refractivity (Wildman–Crippen MR) is 61.3 cm³/mol. The van der Waals surface area contributed by atoms with Crippen LogP contribution >= 0.6 is 11.6 Å². The largest absolute Gasteiger partial charge is 0.411 e. The highest BCUT2D eigenvalue weighted by molar-refractivity contribution is 6.34. The molecule has 0 atom stereocenters. The molecule has 1 amide bonds. The smallest absolute Gasteiger partial charge is 0.253 e. The van der Waals surface area contributed by atoms with Crippen LogP contribution in [0.15, 0.2) is 23.4 Å². The van der Waals surface area contributed by atoms with Crippen molar-refractivity contribution in [2.75, 3.05) is 0 Å². The molecule has 0 aromatic heterocycles. The number of rotatable bonds is 3. The van der Waals surface area contributed by atoms with Crippen LogP contribution in [0.2, 0.25) is 5.02 Å². The highest BCUT2D eigenvalue weighted by atomic mass is 35.5. The summed E-state index contributed by atoms with van der Waals surface area (Å²) in [4.78, 5) is 11.8. The third-order valence-corrected chi connectivity index (χ3v) is 2.68. The number of amides is 1. The fourth-order valence-electron chi connectivity index (χ4n) is 1.35.